The maximum atomic E-state index is 13.9. The lowest BCUT2D eigenvalue weighted by molar-refractivity contribution is -0.150. The zero-order valence-electron chi connectivity index (χ0n) is 22.0. The van der Waals surface area contributed by atoms with Crippen molar-refractivity contribution in [2.24, 2.45) is 0 Å². The van der Waals surface area contributed by atoms with E-state index in [4.69, 9.17) is 11.2 Å². The second-order valence-corrected chi connectivity index (χ2v) is 9.68. The van der Waals surface area contributed by atoms with Crippen LogP contribution in [0.15, 0.2) is 24.3 Å². The Hall–Kier alpha value is -3.58. The van der Waals surface area contributed by atoms with Gasteiger partial charge in [0.1, 0.15) is 24.2 Å². The quantitative estimate of drug-likeness (QED) is 0.328. The van der Waals surface area contributed by atoms with E-state index < -0.39 is 60.3 Å². The predicted molar refractivity (Wildman–Crippen MR) is 134 cm³/mol. The van der Waals surface area contributed by atoms with Crippen molar-refractivity contribution in [3.63, 3.8) is 0 Å². The molecule has 0 heterocycles. The third-order valence-corrected chi connectivity index (χ3v) is 5.48. The van der Waals surface area contributed by atoms with Gasteiger partial charge in [0.2, 0.25) is 11.8 Å². The second-order valence-electron chi connectivity index (χ2n) is 9.68. The van der Waals surface area contributed by atoms with Crippen LogP contribution in [0, 0.1) is 12.3 Å². The Morgan fingerprint density at radius 3 is 2.25 bits per heavy atom. The minimum absolute atomic E-state index is 0.339. The summed E-state index contributed by atoms with van der Waals surface area (Å²) in [7, 11) is 1.18. The summed E-state index contributed by atoms with van der Waals surface area (Å²) >= 11 is 0. The average molecular weight is 504 g/mol. The Labute approximate surface area is 212 Å². The van der Waals surface area contributed by atoms with Crippen molar-refractivity contribution in [2.75, 3.05) is 20.3 Å². The number of terminal acetylenes is 1. The highest BCUT2D eigenvalue weighted by Crippen LogP contribution is 2.33. The summed E-state index contributed by atoms with van der Waals surface area (Å²) in [4.78, 5) is 52.7. The molecule has 0 aromatic heterocycles. The summed E-state index contributed by atoms with van der Waals surface area (Å²) in [5.41, 5.74) is -1.08. The van der Waals surface area contributed by atoms with Crippen molar-refractivity contribution in [1.82, 2.24) is 15.5 Å². The number of amides is 3. The molecule has 3 amide bonds. The van der Waals surface area contributed by atoms with Gasteiger partial charge >= 0.3 is 12.1 Å². The Kier molecular flexibility index (Phi) is 10.9. The van der Waals surface area contributed by atoms with E-state index in [9.17, 15) is 24.3 Å². The highest BCUT2D eigenvalue weighted by atomic mass is 16.6. The molecule has 10 nitrogen and oxygen atoms in total. The number of rotatable bonds is 10. The zero-order valence-corrected chi connectivity index (χ0v) is 22.0. The van der Waals surface area contributed by atoms with Crippen LogP contribution in [0.4, 0.5) is 4.79 Å². The van der Waals surface area contributed by atoms with Crippen LogP contribution >= 0.6 is 0 Å². The number of alkyl carbamates (subject to hydrolysis) is 1. The number of methoxy groups -OCH3 is 1. The lowest BCUT2D eigenvalue weighted by Crippen LogP contribution is -2.60. The summed E-state index contributed by atoms with van der Waals surface area (Å²) in [6.07, 6.45) is 5.19. The Morgan fingerprint density at radius 1 is 1.14 bits per heavy atom. The molecule has 0 fully saturated rings. The highest BCUT2D eigenvalue weighted by Gasteiger charge is 2.43. The minimum atomic E-state index is -1.42. The number of hydrogen-bond acceptors (Lipinski definition) is 7. The van der Waals surface area contributed by atoms with Crippen molar-refractivity contribution in [2.45, 2.75) is 71.2 Å². The monoisotopic (exact) mass is 503 g/mol. The molecule has 0 aliphatic carbocycles. The standard InChI is InChI=1S/C26H37N3O7/c1-9-17-13-11-12-14-18(17)21(22(32)27-15-20(31)35-8)29(26(6,7)10-2)23(33)19(16-30)28-24(34)36-25(3,4)5/h1,11-14,19,21,30H,10,15-16H2,2-8H3,(H,27,32)(H,28,34). The van der Waals surface area contributed by atoms with Crippen LogP contribution < -0.4 is 10.6 Å². The van der Waals surface area contributed by atoms with Crippen LogP contribution in [-0.2, 0) is 23.9 Å². The molecule has 2 unspecified atom stereocenters. The van der Waals surface area contributed by atoms with Gasteiger partial charge in [-0.25, -0.2) is 4.79 Å². The first-order valence-corrected chi connectivity index (χ1v) is 11.6. The first kappa shape index (κ1) is 30.5. The van der Waals surface area contributed by atoms with Gasteiger partial charge in [0.15, 0.2) is 0 Å². The van der Waals surface area contributed by atoms with Crippen molar-refractivity contribution in [3.8, 4) is 12.3 Å². The number of benzene rings is 1. The zero-order chi connectivity index (χ0) is 27.7. The molecule has 0 aliphatic rings. The van der Waals surface area contributed by atoms with Crippen LogP contribution in [0.25, 0.3) is 0 Å². The summed E-state index contributed by atoms with van der Waals surface area (Å²) in [5.74, 6) is 0.418. The molecular formula is C26H37N3O7. The molecular weight excluding hydrogens is 466 g/mol. The number of esters is 1. The molecule has 10 heteroatoms. The highest BCUT2D eigenvalue weighted by molar-refractivity contribution is 5.94. The summed E-state index contributed by atoms with van der Waals surface area (Å²) in [5, 5.41) is 14.9. The first-order valence-electron chi connectivity index (χ1n) is 11.6. The number of hydrogen-bond donors (Lipinski definition) is 3. The third-order valence-electron chi connectivity index (χ3n) is 5.48. The van der Waals surface area contributed by atoms with E-state index in [1.807, 2.05) is 6.92 Å². The smallest absolute Gasteiger partial charge is 0.408 e. The van der Waals surface area contributed by atoms with Gasteiger partial charge < -0.3 is 30.1 Å². The molecule has 0 saturated heterocycles. The number of carbonyl (C=O) groups is 4. The fraction of sp³-hybridized carbons (Fsp3) is 0.538. The first-order chi connectivity index (χ1) is 16.7. The summed E-state index contributed by atoms with van der Waals surface area (Å²) in [6.45, 7) is 9.11. The molecule has 1 aromatic carbocycles. The minimum Gasteiger partial charge on any atom is -0.468 e. The summed E-state index contributed by atoms with van der Waals surface area (Å²) < 4.78 is 9.83. The molecule has 0 aliphatic heterocycles. The normalized spacial score (nSPS) is 13.0. The van der Waals surface area contributed by atoms with E-state index in [2.05, 4.69) is 21.3 Å². The molecule has 0 bridgehead atoms. The van der Waals surface area contributed by atoms with Gasteiger partial charge in [-0.3, -0.25) is 14.4 Å². The predicted octanol–water partition coefficient (Wildman–Crippen LogP) is 1.90. The number of nitrogens with one attached hydrogen (secondary N) is 2. The maximum absolute atomic E-state index is 13.9. The third kappa shape index (κ3) is 8.27. The van der Waals surface area contributed by atoms with E-state index in [1.165, 1.54) is 12.0 Å². The van der Waals surface area contributed by atoms with Gasteiger partial charge in [0, 0.05) is 11.1 Å². The van der Waals surface area contributed by atoms with Gasteiger partial charge in [0.25, 0.3) is 0 Å². The lowest BCUT2D eigenvalue weighted by atomic mass is 9.90. The largest absolute Gasteiger partial charge is 0.468 e. The molecule has 1 rings (SSSR count). The van der Waals surface area contributed by atoms with Crippen LogP contribution in [0.1, 0.15) is 65.1 Å². The fourth-order valence-electron chi connectivity index (χ4n) is 3.34. The van der Waals surface area contributed by atoms with Crippen molar-refractivity contribution in [1.29, 1.82) is 0 Å². The van der Waals surface area contributed by atoms with Crippen molar-refractivity contribution in [3.05, 3.63) is 35.4 Å². The van der Waals surface area contributed by atoms with Crippen LogP contribution in [0.3, 0.4) is 0 Å². The molecule has 3 N–H and O–H groups in total. The van der Waals surface area contributed by atoms with Crippen LogP contribution in [0.5, 0.6) is 0 Å². The summed E-state index contributed by atoms with van der Waals surface area (Å²) in [6, 6.07) is 3.89. The number of carbonyl (C=O) groups excluding carboxylic acids is 4. The molecule has 0 radical (unpaired) electrons. The second kappa shape index (κ2) is 12.9. The average Bonchev–Trinajstić information content (AvgIpc) is 2.82. The molecule has 0 spiro atoms. The van der Waals surface area contributed by atoms with Crippen molar-refractivity contribution >= 4 is 23.9 Å². The van der Waals surface area contributed by atoms with Gasteiger partial charge in [-0.2, -0.15) is 0 Å². The maximum Gasteiger partial charge on any atom is 0.408 e. The van der Waals surface area contributed by atoms with E-state index in [0.29, 0.717) is 17.5 Å². The Bertz CT molecular complexity index is 992. The molecule has 36 heavy (non-hydrogen) atoms. The fourth-order valence-corrected chi connectivity index (χ4v) is 3.34. The van der Waals surface area contributed by atoms with Gasteiger partial charge in [-0.1, -0.05) is 31.0 Å². The van der Waals surface area contributed by atoms with E-state index >= 15 is 0 Å². The number of aliphatic hydroxyl groups is 1. The van der Waals surface area contributed by atoms with Gasteiger partial charge in [0.05, 0.1) is 13.7 Å². The van der Waals surface area contributed by atoms with Crippen LogP contribution in [0.2, 0.25) is 0 Å². The number of aliphatic hydroxyl groups excluding tert-OH is 1. The number of nitrogens with zero attached hydrogens (tertiary/aromatic N) is 1. The SMILES string of the molecule is C#Cc1ccccc1C(C(=O)NCC(=O)OC)N(C(=O)C(CO)NC(=O)OC(C)(C)C)C(C)(C)CC. The Morgan fingerprint density at radius 2 is 1.75 bits per heavy atom. The molecule has 198 valence electrons. The van der Waals surface area contributed by atoms with Gasteiger partial charge in [-0.05, 0) is 52.7 Å². The Balaban J connectivity index is 3.63. The lowest BCUT2D eigenvalue weighted by Gasteiger charge is -2.44. The van der Waals surface area contributed by atoms with E-state index in [0.717, 1.165) is 0 Å². The van der Waals surface area contributed by atoms with Crippen LogP contribution in [-0.4, -0.2) is 71.3 Å². The molecule has 1 aromatic rings. The van der Waals surface area contributed by atoms with Crippen molar-refractivity contribution < 1.29 is 33.8 Å². The molecule has 0 saturated carbocycles. The van der Waals surface area contributed by atoms with Gasteiger partial charge in [-0.15, -0.1) is 6.42 Å². The number of ether oxygens (including phenoxy) is 2. The van der Waals surface area contributed by atoms with E-state index in [-0.39, 0.29) is 0 Å². The van der Waals surface area contributed by atoms with E-state index in [1.54, 1.807) is 58.9 Å². The topological polar surface area (TPSA) is 134 Å². The molecule has 2 atom stereocenters.